The average molecular weight is 331 g/mol. The van der Waals surface area contributed by atoms with E-state index in [1.807, 2.05) is 6.07 Å². The Bertz CT molecular complexity index is 734. The van der Waals surface area contributed by atoms with Gasteiger partial charge in [0.05, 0.1) is 7.11 Å². The van der Waals surface area contributed by atoms with Crippen LogP contribution in [0.2, 0.25) is 0 Å². The summed E-state index contributed by atoms with van der Waals surface area (Å²) in [6.07, 6.45) is 1.81. The summed E-state index contributed by atoms with van der Waals surface area (Å²) >= 11 is 1.46. The Morgan fingerprint density at radius 3 is 2.70 bits per heavy atom. The van der Waals surface area contributed by atoms with Gasteiger partial charge in [0, 0.05) is 29.7 Å². The number of allylic oxidation sites excluding steroid dienone is 1. The molecule has 0 bridgehead atoms. The van der Waals surface area contributed by atoms with Crippen molar-refractivity contribution in [1.82, 2.24) is 5.32 Å². The molecule has 0 aromatic heterocycles. The van der Waals surface area contributed by atoms with Gasteiger partial charge in [0.2, 0.25) is 11.6 Å². The fourth-order valence-corrected chi connectivity index (χ4v) is 4.56. The minimum atomic E-state index is -0.477. The Hall–Kier alpha value is -1.79. The lowest BCUT2D eigenvalue weighted by molar-refractivity contribution is -0.111. The van der Waals surface area contributed by atoms with Gasteiger partial charge in [-0.3, -0.25) is 9.59 Å². The highest BCUT2D eigenvalue weighted by Gasteiger charge is 2.45. The maximum absolute atomic E-state index is 12.4. The van der Waals surface area contributed by atoms with Crippen molar-refractivity contribution in [2.24, 2.45) is 0 Å². The van der Waals surface area contributed by atoms with E-state index in [2.05, 4.69) is 5.32 Å². The number of rotatable bonds is 1. The number of benzene rings is 1. The molecule has 5 nitrogen and oxygen atoms in total. The molecule has 23 heavy (non-hydrogen) atoms. The topological polar surface area (TPSA) is 64.6 Å². The van der Waals surface area contributed by atoms with Crippen LogP contribution in [0.1, 0.15) is 28.8 Å². The highest BCUT2D eigenvalue weighted by molar-refractivity contribution is 8.04. The minimum absolute atomic E-state index is 0.243. The fraction of sp³-hybridized carbons (Fsp3) is 0.412. The molecule has 1 saturated heterocycles. The molecule has 2 aliphatic heterocycles. The van der Waals surface area contributed by atoms with Crippen molar-refractivity contribution in [1.29, 1.82) is 0 Å². The number of methoxy groups -OCH3 is 1. The van der Waals surface area contributed by atoms with E-state index in [1.54, 1.807) is 19.2 Å². The van der Waals surface area contributed by atoms with Crippen LogP contribution in [0.3, 0.4) is 0 Å². The van der Waals surface area contributed by atoms with Gasteiger partial charge in [0.1, 0.15) is 22.0 Å². The zero-order chi connectivity index (χ0) is 16.0. The summed E-state index contributed by atoms with van der Waals surface area (Å²) in [5.74, 6) is 0.918. The van der Waals surface area contributed by atoms with Gasteiger partial charge in [-0.25, -0.2) is 0 Å². The zero-order valence-electron chi connectivity index (χ0n) is 12.8. The third-order valence-corrected chi connectivity index (χ3v) is 5.98. The minimum Gasteiger partial charge on any atom is -0.497 e. The first-order chi connectivity index (χ1) is 11.1. The number of nitrogens with one attached hydrogen (secondary N) is 1. The van der Waals surface area contributed by atoms with Crippen LogP contribution >= 0.6 is 11.8 Å². The molecule has 1 N–H and O–H groups in total. The van der Waals surface area contributed by atoms with Crippen molar-refractivity contribution in [3.8, 4) is 5.75 Å². The molecule has 4 rings (SSSR count). The van der Waals surface area contributed by atoms with Crippen molar-refractivity contribution >= 4 is 29.1 Å². The van der Waals surface area contributed by atoms with Gasteiger partial charge >= 0.3 is 0 Å². The largest absolute Gasteiger partial charge is 0.497 e. The highest BCUT2D eigenvalue weighted by atomic mass is 32.2. The molecular formula is C17H17NO4S. The molecule has 120 valence electrons. The van der Waals surface area contributed by atoms with Crippen molar-refractivity contribution in [3.63, 3.8) is 0 Å². The molecule has 1 spiro atoms. The second-order valence-electron chi connectivity index (χ2n) is 6.05. The molecule has 0 saturated carbocycles. The molecule has 0 unspecified atom stereocenters. The monoisotopic (exact) mass is 331 g/mol. The number of ketones is 2. The van der Waals surface area contributed by atoms with E-state index >= 15 is 0 Å². The molecular weight excluding hydrogens is 314 g/mol. The summed E-state index contributed by atoms with van der Waals surface area (Å²) < 4.78 is 11.5. The van der Waals surface area contributed by atoms with Crippen molar-refractivity contribution in [3.05, 3.63) is 34.2 Å². The van der Waals surface area contributed by atoms with E-state index in [0.29, 0.717) is 27.5 Å². The Balaban J connectivity index is 1.81. The van der Waals surface area contributed by atoms with Crippen LogP contribution in [-0.4, -0.2) is 43.1 Å². The molecule has 1 aromatic rings. The number of hydrogen-bond donors (Lipinski definition) is 1. The van der Waals surface area contributed by atoms with E-state index in [4.69, 9.17) is 9.47 Å². The number of piperidine rings is 1. The fourth-order valence-electron chi connectivity index (χ4n) is 3.30. The Labute approximate surface area is 138 Å². The number of thioether (sulfide) groups is 1. The van der Waals surface area contributed by atoms with Gasteiger partial charge in [-0.05, 0) is 31.3 Å². The third-order valence-electron chi connectivity index (χ3n) is 4.65. The third kappa shape index (κ3) is 2.28. The molecule has 3 aliphatic rings. The Kier molecular flexibility index (Phi) is 3.46. The van der Waals surface area contributed by atoms with Gasteiger partial charge in [0.15, 0.2) is 0 Å². The van der Waals surface area contributed by atoms with E-state index in [-0.39, 0.29) is 5.60 Å². The highest BCUT2D eigenvalue weighted by Crippen LogP contribution is 2.47. The normalized spacial score (nSPS) is 22.5. The number of carbonyl (C=O) groups excluding carboxylic acids is 2. The van der Waals surface area contributed by atoms with Crippen LogP contribution in [0.15, 0.2) is 23.1 Å². The Morgan fingerprint density at radius 1 is 1.17 bits per heavy atom. The van der Waals surface area contributed by atoms with E-state index in [1.165, 1.54) is 11.8 Å². The van der Waals surface area contributed by atoms with Gasteiger partial charge in [-0.2, -0.15) is 0 Å². The van der Waals surface area contributed by atoms with E-state index in [9.17, 15) is 9.59 Å². The van der Waals surface area contributed by atoms with Crippen molar-refractivity contribution < 1.29 is 19.1 Å². The smallest absolute Gasteiger partial charge is 0.243 e. The van der Waals surface area contributed by atoms with Gasteiger partial charge in [-0.1, -0.05) is 0 Å². The lowest BCUT2D eigenvalue weighted by Crippen LogP contribution is -2.48. The Morgan fingerprint density at radius 2 is 1.96 bits per heavy atom. The number of fused-ring (bicyclic) bond motifs is 2. The summed E-state index contributed by atoms with van der Waals surface area (Å²) in [5, 5.41) is 3.34. The first-order valence-electron chi connectivity index (χ1n) is 7.68. The molecule has 0 atom stereocenters. The van der Waals surface area contributed by atoms with Gasteiger partial charge < -0.3 is 14.8 Å². The summed E-state index contributed by atoms with van der Waals surface area (Å²) in [5.41, 5.74) is 0.835. The first kappa shape index (κ1) is 14.8. The molecule has 2 heterocycles. The predicted octanol–water partition coefficient (Wildman–Crippen LogP) is 2.01. The van der Waals surface area contributed by atoms with Crippen molar-refractivity contribution in [2.45, 2.75) is 18.4 Å². The molecule has 1 aliphatic carbocycles. The second kappa shape index (κ2) is 5.39. The van der Waals surface area contributed by atoms with Crippen LogP contribution in [0.4, 0.5) is 0 Å². The molecule has 0 amide bonds. The average Bonchev–Trinajstić information content (AvgIpc) is 2.60. The summed E-state index contributed by atoms with van der Waals surface area (Å²) in [4.78, 5) is 25.3. The maximum atomic E-state index is 12.4. The number of ether oxygens (including phenoxy) is 2. The van der Waals surface area contributed by atoms with Crippen LogP contribution < -0.4 is 10.1 Å². The van der Waals surface area contributed by atoms with Crippen LogP contribution in [0, 0.1) is 0 Å². The summed E-state index contributed by atoms with van der Waals surface area (Å²) in [6.45, 7) is 1.82. The first-order valence-corrected chi connectivity index (χ1v) is 8.66. The summed E-state index contributed by atoms with van der Waals surface area (Å²) in [7, 11) is 1.54. The lowest BCUT2D eigenvalue weighted by atomic mass is 9.90. The van der Waals surface area contributed by atoms with E-state index < -0.39 is 11.6 Å². The standard InChI is InChI=1S/C17H17NO4S/c1-21-10-2-3-11-12(8-10)13(19)14(20)16-15(11)22-17(9-23-16)4-6-18-7-5-17/h2-3,8,18H,4-7,9H2,1H3. The quantitative estimate of drug-likeness (QED) is 0.794. The zero-order valence-corrected chi connectivity index (χ0v) is 13.6. The maximum Gasteiger partial charge on any atom is 0.243 e. The molecule has 6 heteroatoms. The van der Waals surface area contributed by atoms with Crippen molar-refractivity contribution in [2.75, 3.05) is 26.0 Å². The molecule has 0 radical (unpaired) electrons. The number of hydrogen-bond acceptors (Lipinski definition) is 6. The molecule has 1 aromatic carbocycles. The lowest BCUT2D eigenvalue weighted by Gasteiger charge is -2.42. The predicted molar refractivity (Wildman–Crippen MR) is 87.6 cm³/mol. The van der Waals surface area contributed by atoms with Crippen LogP contribution in [0.5, 0.6) is 5.75 Å². The van der Waals surface area contributed by atoms with Crippen LogP contribution in [0.25, 0.3) is 5.76 Å². The SMILES string of the molecule is COc1ccc2c(c1)C(=O)C(=O)C1=C2OC2(CCNCC2)CS1. The number of Topliss-reactive ketones (excluding diaryl/α,β-unsaturated/α-hetero) is 2. The van der Waals surface area contributed by atoms with E-state index in [0.717, 1.165) is 31.7 Å². The van der Waals surface area contributed by atoms with Crippen LogP contribution in [-0.2, 0) is 9.53 Å². The van der Waals surface area contributed by atoms with Gasteiger partial charge in [-0.15, -0.1) is 11.8 Å². The van der Waals surface area contributed by atoms with Gasteiger partial charge in [0.25, 0.3) is 0 Å². The second-order valence-corrected chi connectivity index (χ2v) is 7.04. The summed E-state index contributed by atoms with van der Waals surface area (Å²) in [6, 6.07) is 5.23. The molecule has 1 fully saturated rings. The number of carbonyl (C=O) groups is 2.